The zero-order valence-corrected chi connectivity index (χ0v) is 7.92. The molecule has 1 unspecified atom stereocenters. The SMILES string of the molecule is CCC#CSCC(C)CC. The van der Waals surface area contributed by atoms with E-state index in [9.17, 15) is 0 Å². The number of hydrogen-bond acceptors (Lipinski definition) is 1. The van der Waals surface area contributed by atoms with Crippen molar-refractivity contribution in [3.05, 3.63) is 0 Å². The summed E-state index contributed by atoms with van der Waals surface area (Å²) in [6.07, 6.45) is 2.24. The van der Waals surface area contributed by atoms with E-state index in [1.165, 1.54) is 12.2 Å². The third-order valence-corrected chi connectivity index (χ3v) is 2.41. The second-order valence-electron chi connectivity index (χ2n) is 2.46. The van der Waals surface area contributed by atoms with Gasteiger partial charge in [0.05, 0.1) is 0 Å². The van der Waals surface area contributed by atoms with Crippen molar-refractivity contribution in [3.63, 3.8) is 0 Å². The van der Waals surface area contributed by atoms with Crippen LogP contribution in [0.5, 0.6) is 0 Å². The van der Waals surface area contributed by atoms with Gasteiger partial charge in [0.15, 0.2) is 0 Å². The van der Waals surface area contributed by atoms with Crippen LogP contribution in [0.4, 0.5) is 0 Å². The average Bonchev–Trinajstić information content (AvgIpc) is 1.98. The van der Waals surface area contributed by atoms with E-state index in [2.05, 4.69) is 31.9 Å². The van der Waals surface area contributed by atoms with Gasteiger partial charge in [-0.15, -0.1) is 0 Å². The Kier molecular flexibility index (Phi) is 6.96. The highest BCUT2D eigenvalue weighted by Gasteiger charge is 1.95. The molecule has 0 spiro atoms. The second-order valence-corrected chi connectivity index (χ2v) is 3.28. The van der Waals surface area contributed by atoms with Crippen LogP contribution in [0.1, 0.15) is 33.6 Å². The highest BCUT2D eigenvalue weighted by Crippen LogP contribution is 2.09. The predicted molar refractivity (Wildman–Crippen MR) is 50.0 cm³/mol. The van der Waals surface area contributed by atoms with Crippen LogP contribution in [0, 0.1) is 17.1 Å². The van der Waals surface area contributed by atoms with Crippen molar-refractivity contribution in [3.8, 4) is 11.2 Å². The Balaban J connectivity index is 3.18. The summed E-state index contributed by atoms with van der Waals surface area (Å²) in [7, 11) is 0. The molecule has 0 rings (SSSR count). The van der Waals surface area contributed by atoms with Crippen molar-refractivity contribution in [1.29, 1.82) is 0 Å². The smallest absolute Gasteiger partial charge is 0.00823 e. The van der Waals surface area contributed by atoms with E-state index >= 15 is 0 Å². The monoisotopic (exact) mass is 156 g/mol. The van der Waals surface area contributed by atoms with Gasteiger partial charge in [-0.3, -0.25) is 0 Å². The third kappa shape index (κ3) is 6.04. The van der Waals surface area contributed by atoms with Gasteiger partial charge in [0.25, 0.3) is 0 Å². The lowest BCUT2D eigenvalue weighted by Crippen LogP contribution is -1.93. The Morgan fingerprint density at radius 3 is 2.60 bits per heavy atom. The largest absolute Gasteiger partial charge is 0.0916 e. The first-order valence-corrected chi connectivity index (χ1v) is 4.89. The molecule has 0 aliphatic carbocycles. The maximum Gasteiger partial charge on any atom is 0.00823 e. The minimum absolute atomic E-state index is 0.816. The molecule has 0 aromatic rings. The molecule has 0 aliphatic heterocycles. The van der Waals surface area contributed by atoms with Gasteiger partial charge in [-0.2, -0.15) is 0 Å². The van der Waals surface area contributed by atoms with Crippen molar-refractivity contribution in [2.45, 2.75) is 33.6 Å². The van der Waals surface area contributed by atoms with Crippen molar-refractivity contribution < 1.29 is 0 Å². The molecule has 0 saturated heterocycles. The number of hydrogen-bond donors (Lipinski definition) is 0. The normalized spacial score (nSPS) is 11.9. The third-order valence-electron chi connectivity index (χ3n) is 1.39. The molecule has 10 heavy (non-hydrogen) atoms. The molecule has 1 atom stereocenters. The molecule has 0 nitrogen and oxygen atoms in total. The van der Waals surface area contributed by atoms with Crippen molar-refractivity contribution in [2.75, 3.05) is 5.75 Å². The summed E-state index contributed by atoms with van der Waals surface area (Å²) in [5.41, 5.74) is 0. The zero-order chi connectivity index (χ0) is 7.82. The van der Waals surface area contributed by atoms with Crippen molar-refractivity contribution >= 4 is 11.8 Å². The Morgan fingerprint density at radius 2 is 2.10 bits per heavy atom. The highest BCUT2D eigenvalue weighted by molar-refractivity contribution is 8.03. The summed E-state index contributed by atoms with van der Waals surface area (Å²) in [5.74, 6) is 5.04. The molecule has 0 saturated carbocycles. The predicted octanol–water partition coefficient (Wildman–Crippen LogP) is 3.14. The molecule has 0 aliphatic rings. The van der Waals surface area contributed by atoms with Gasteiger partial charge in [-0.25, -0.2) is 0 Å². The van der Waals surface area contributed by atoms with Gasteiger partial charge in [-0.05, 0) is 11.2 Å². The van der Waals surface area contributed by atoms with E-state index < -0.39 is 0 Å². The first-order valence-electron chi connectivity index (χ1n) is 3.90. The quantitative estimate of drug-likeness (QED) is 0.566. The topological polar surface area (TPSA) is 0 Å². The summed E-state index contributed by atoms with van der Waals surface area (Å²) < 4.78 is 0. The minimum atomic E-state index is 0.816. The standard InChI is InChI=1S/C9H16S/c1-4-6-7-10-8-9(3)5-2/h9H,4-5,8H2,1-3H3. The molecular weight excluding hydrogens is 140 g/mol. The van der Waals surface area contributed by atoms with Crippen LogP contribution in [0.3, 0.4) is 0 Å². The van der Waals surface area contributed by atoms with Crippen LogP contribution < -0.4 is 0 Å². The fraction of sp³-hybridized carbons (Fsp3) is 0.778. The van der Waals surface area contributed by atoms with Gasteiger partial charge < -0.3 is 0 Å². The van der Waals surface area contributed by atoms with Crippen LogP contribution in [0.2, 0.25) is 0 Å². The molecule has 1 heteroatoms. The highest BCUT2D eigenvalue weighted by atomic mass is 32.2. The molecule has 0 heterocycles. The minimum Gasteiger partial charge on any atom is -0.0916 e. The lowest BCUT2D eigenvalue weighted by Gasteiger charge is -2.01. The van der Waals surface area contributed by atoms with Crippen LogP contribution in [0.15, 0.2) is 0 Å². The van der Waals surface area contributed by atoms with Gasteiger partial charge in [0, 0.05) is 12.2 Å². The summed E-state index contributed by atoms with van der Waals surface area (Å²) in [4.78, 5) is 0. The first-order chi connectivity index (χ1) is 4.81. The Bertz CT molecular complexity index is 118. The van der Waals surface area contributed by atoms with Crippen LogP contribution in [0.25, 0.3) is 0 Å². The van der Waals surface area contributed by atoms with Crippen LogP contribution in [-0.4, -0.2) is 5.75 Å². The van der Waals surface area contributed by atoms with E-state index in [4.69, 9.17) is 0 Å². The summed E-state index contributed by atoms with van der Waals surface area (Å²) in [6, 6.07) is 0. The maximum atomic E-state index is 3.07. The molecule has 0 amide bonds. The van der Waals surface area contributed by atoms with Crippen LogP contribution in [-0.2, 0) is 0 Å². The molecule has 0 fully saturated rings. The van der Waals surface area contributed by atoms with Gasteiger partial charge in [-0.1, -0.05) is 44.9 Å². The van der Waals surface area contributed by atoms with E-state index in [-0.39, 0.29) is 0 Å². The molecule has 0 N–H and O–H groups in total. The Hall–Kier alpha value is -0.0900. The van der Waals surface area contributed by atoms with Crippen molar-refractivity contribution in [1.82, 2.24) is 0 Å². The van der Waals surface area contributed by atoms with Crippen molar-refractivity contribution in [2.24, 2.45) is 5.92 Å². The lowest BCUT2D eigenvalue weighted by molar-refractivity contribution is 0.638. The van der Waals surface area contributed by atoms with Gasteiger partial charge in [0.1, 0.15) is 0 Å². The number of thioether (sulfide) groups is 1. The first kappa shape index (κ1) is 9.91. The van der Waals surface area contributed by atoms with Gasteiger partial charge >= 0.3 is 0 Å². The van der Waals surface area contributed by atoms with Gasteiger partial charge in [0.2, 0.25) is 0 Å². The summed E-state index contributed by atoms with van der Waals surface area (Å²) in [5, 5.41) is 3.07. The molecular formula is C9H16S. The number of rotatable bonds is 3. The molecule has 58 valence electrons. The maximum absolute atomic E-state index is 3.07. The van der Waals surface area contributed by atoms with E-state index in [1.54, 1.807) is 11.8 Å². The average molecular weight is 156 g/mol. The Labute approximate surface area is 68.8 Å². The van der Waals surface area contributed by atoms with E-state index in [0.29, 0.717) is 0 Å². The fourth-order valence-electron chi connectivity index (χ4n) is 0.425. The molecule has 0 aromatic heterocycles. The molecule has 0 aromatic carbocycles. The summed E-state index contributed by atoms with van der Waals surface area (Å²) in [6.45, 7) is 6.57. The van der Waals surface area contributed by atoms with Crippen LogP contribution >= 0.6 is 11.8 Å². The summed E-state index contributed by atoms with van der Waals surface area (Å²) >= 11 is 1.75. The fourth-order valence-corrected chi connectivity index (χ4v) is 1.27. The second kappa shape index (κ2) is 7.02. The molecule has 0 radical (unpaired) electrons. The van der Waals surface area contributed by atoms with E-state index in [1.807, 2.05) is 0 Å². The van der Waals surface area contributed by atoms with E-state index in [0.717, 1.165) is 12.3 Å². The zero-order valence-electron chi connectivity index (χ0n) is 7.11. The Morgan fingerprint density at radius 1 is 1.40 bits per heavy atom. The molecule has 0 bridgehead atoms. The lowest BCUT2D eigenvalue weighted by atomic mass is 10.2.